The number of rotatable bonds is 52. The van der Waals surface area contributed by atoms with Gasteiger partial charge in [-0.05, 0) is 89.9 Å². The monoisotopic (exact) mass is 961 g/mol. The van der Waals surface area contributed by atoms with Crippen LogP contribution >= 0.6 is 0 Å². The summed E-state index contributed by atoms with van der Waals surface area (Å²) in [6, 6.07) is 0. The molecular weight excluding hydrogens is 853 g/mol. The number of hydrogen-bond donors (Lipinski definition) is 0. The normalized spacial score (nSPS) is 12.7. The molecule has 0 aromatic carbocycles. The van der Waals surface area contributed by atoms with Gasteiger partial charge < -0.3 is 14.2 Å². The Labute approximate surface area is 426 Å². The van der Waals surface area contributed by atoms with Crippen LogP contribution in [0, 0.1) is 0 Å². The second kappa shape index (κ2) is 57.2. The van der Waals surface area contributed by atoms with Gasteiger partial charge in [0.1, 0.15) is 13.2 Å². The van der Waals surface area contributed by atoms with Gasteiger partial charge in [-0.2, -0.15) is 0 Å². The predicted octanol–water partition coefficient (Wildman–Crippen LogP) is 19.5. The van der Waals surface area contributed by atoms with Crippen molar-refractivity contribution < 1.29 is 28.6 Å². The van der Waals surface area contributed by atoms with Gasteiger partial charge in [-0.1, -0.05) is 254 Å². The highest BCUT2D eigenvalue weighted by atomic mass is 16.6. The number of unbranched alkanes of at least 4 members (excludes halogenated alkanes) is 27. The SMILES string of the molecule is CC/C=C\C/C=C\C/C=C\C/C=C\CCCCC(=O)OC[C@H](COC(=O)CCCCCCC/C=C\C/C=C\C/C=C\CC)OC(=O)CCCCCCCCCCCCCCCCCCCCCCC. The molecule has 0 saturated heterocycles. The second-order valence-electron chi connectivity index (χ2n) is 19.1. The van der Waals surface area contributed by atoms with Crippen LogP contribution in [-0.4, -0.2) is 37.2 Å². The molecule has 69 heavy (non-hydrogen) atoms. The van der Waals surface area contributed by atoms with Crippen molar-refractivity contribution in [3.05, 3.63) is 85.1 Å². The molecule has 0 aliphatic heterocycles. The van der Waals surface area contributed by atoms with Crippen molar-refractivity contribution in [3.8, 4) is 0 Å². The highest BCUT2D eigenvalue weighted by molar-refractivity contribution is 5.71. The number of allylic oxidation sites excluding steroid dienone is 14. The topological polar surface area (TPSA) is 78.9 Å². The fourth-order valence-corrected chi connectivity index (χ4v) is 8.10. The maximum Gasteiger partial charge on any atom is 0.306 e. The third-order valence-electron chi connectivity index (χ3n) is 12.4. The van der Waals surface area contributed by atoms with Crippen LogP contribution in [0.15, 0.2) is 85.1 Å². The minimum absolute atomic E-state index is 0.0973. The Kier molecular flexibility index (Phi) is 54.3. The maximum atomic E-state index is 12.9. The third kappa shape index (κ3) is 55.4. The number of hydrogen-bond acceptors (Lipinski definition) is 6. The maximum absolute atomic E-state index is 12.9. The summed E-state index contributed by atoms with van der Waals surface area (Å²) in [7, 11) is 0. The zero-order valence-electron chi connectivity index (χ0n) is 45.3. The van der Waals surface area contributed by atoms with Crippen molar-refractivity contribution in [2.75, 3.05) is 13.2 Å². The summed E-state index contributed by atoms with van der Waals surface area (Å²) in [5, 5.41) is 0. The second-order valence-corrected chi connectivity index (χ2v) is 19.1. The van der Waals surface area contributed by atoms with E-state index in [9.17, 15) is 14.4 Å². The standard InChI is InChI=1S/C63H108O6/c1-4-7-10-13-16-19-22-25-28-29-30-31-32-33-36-39-42-45-48-51-54-57-63(66)69-60(58-67-61(64)55-52-49-46-43-40-37-34-26-23-20-17-14-11-8-5-2)59-68-62(65)56-53-50-47-44-41-38-35-27-24-21-18-15-12-9-6-3/h8-9,11-12,17-18,20-21,26-27,34-35,40,43,60H,4-7,10,13-16,19,22-25,28-33,36-39,41-42,44-59H2,1-3H3/b11-8-,12-9-,20-17-,21-18-,34-26-,35-27-,43-40-/t60-/m1/s1. The first-order valence-electron chi connectivity index (χ1n) is 29.1. The van der Waals surface area contributed by atoms with Gasteiger partial charge in [0.25, 0.3) is 0 Å². The summed E-state index contributed by atoms with van der Waals surface area (Å²) in [5.41, 5.74) is 0. The zero-order chi connectivity index (χ0) is 50.0. The highest BCUT2D eigenvalue weighted by Crippen LogP contribution is 2.16. The molecule has 6 heteroatoms. The molecule has 0 saturated carbocycles. The first kappa shape index (κ1) is 65.6. The smallest absolute Gasteiger partial charge is 0.306 e. The molecule has 0 rings (SSSR count). The molecule has 0 aliphatic rings. The van der Waals surface area contributed by atoms with Crippen LogP contribution in [-0.2, 0) is 28.6 Å². The quantitative estimate of drug-likeness (QED) is 0.0262. The lowest BCUT2D eigenvalue weighted by atomic mass is 10.0. The molecule has 396 valence electrons. The predicted molar refractivity (Wildman–Crippen MR) is 297 cm³/mol. The summed E-state index contributed by atoms with van der Waals surface area (Å²) in [5.74, 6) is -0.947. The van der Waals surface area contributed by atoms with Crippen molar-refractivity contribution >= 4 is 17.9 Å². The molecule has 0 amide bonds. The van der Waals surface area contributed by atoms with Gasteiger partial charge in [-0.15, -0.1) is 0 Å². The van der Waals surface area contributed by atoms with E-state index < -0.39 is 6.10 Å². The molecule has 1 atom stereocenters. The molecule has 0 aromatic heterocycles. The van der Waals surface area contributed by atoms with Gasteiger partial charge in [0, 0.05) is 19.3 Å². The molecule has 0 bridgehead atoms. The van der Waals surface area contributed by atoms with E-state index in [0.29, 0.717) is 19.3 Å². The molecule has 0 heterocycles. The van der Waals surface area contributed by atoms with Crippen LogP contribution in [0.3, 0.4) is 0 Å². The van der Waals surface area contributed by atoms with Gasteiger partial charge in [0.05, 0.1) is 0 Å². The lowest BCUT2D eigenvalue weighted by Gasteiger charge is -2.18. The summed E-state index contributed by atoms with van der Waals surface area (Å²) >= 11 is 0. The zero-order valence-corrected chi connectivity index (χ0v) is 45.3. The van der Waals surface area contributed by atoms with E-state index in [1.165, 1.54) is 116 Å². The summed E-state index contributed by atoms with van der Waals surface area (Å²) in [6.45, 7) is 6.39. The summed E-state index contributed by atoms with van der Waals surface area (Å²) in [6.07, 6.45) is 74.4. The largest absolute Gasteiger partial charge is 0.462 e. The molecule has 0 unspecified atom stereocenters. The Balaban J connectivity index is 4.40. The van der Waals surface area contributed by atoms with Crippen LogP contribution in [0.1, 0.15) is 278 Å². The minimum Gasteiger partial charge on any atom is -0.462 e. The number of ether oxygens (including phenoxy) is 3. The van der Waals surface area contributed by atoms with E-state index in [0.717, 1.165) is 122 Å². The van der Waals surface area contributed by atoms with Crippen LogP contribution in [0.25, 0.3) is 0 Å². The van der Waals surface area contributed by atoms with E-state index in [2.05, 4.69) is 106 Å². The molecular formula is C63H108O6. The highest BCUT2D eigenvalue weighted by Gasteiger charge is 2.19. The number of carbonyl (C=O) groups is 3. The Morgan fingerprint density at radius 1 is 0.304 bits per heavy atom. The first-order valence-corrected chi connectivity index (χ1v) is 29.1. The summed E-state index contributed by atoms with van der Waals surface area (Å²) < 4.78 is 16.8. The van der Waals surface area contributed by atoms with Gasteiger partial charge in [0.15, 0.2) is 6.10 Å². The van der Waals surface area contributed by atoms with Gasteiger partial charge in [-0.3, -0.25) is 14.4 Å². The van der Waals surface area contributed by atoms with Gasteiger partial charge >= 0.3 is 17.9 Å². The van der Waals surface area contributed by atoms with Crippen molar-refractivity contribution in [3.63, 3.8) is 0 Å². The lowest BCUT2D eigenvalue weighted by Crippen LogP contribution is -2.30. The molecule has 0 N–H and O–H groups in total. The van der Waals surface area contributed by atoms with Gasteiger partial charge in [0.2, 0.25) is 0 Å². The van der Waals surface area contributed by atoms with E-state index in [1.807, 2.05) is 0 Å². The minimum atomic E-state index is -0.800. The van der Waals surface area contributed by atoms with E-state index >= 15 is 0 Å². The van der Waals surface area contributed by atoms with E-state index in [4.69, 9.17) is 14.2 Å². The fraction of sp³-hybridized carbons (Fsp3) is 0.730. The third-order valence-corrected chi connectivity index (χ3v) is 12.4. The molecule has 0 radical (unpaired) electrons. The van der Waals surface area contributed by atoms with E-state index in [-0.39, 0.29) is 31.1 Å². The average molecular weight is 962 g/mol. The Bertz CT molecular complexity index is 1330. The van der Waals surface area contributed by atoms with Crippen molar-refractivity contribution in [1.29, 1.82) is 0 Å². The Morgan fingerprint density at radius 2 is 0.565 bits per heavy atom. The lowest BCUT2D eigenvalue weighted by molar-refractivity contribution is -0.167. The van der Waals surface area contributed by atoms with Crippen LogP contribution in [0.2, 0.25) is 0 Å². The van der Waals surface area contributed by atoms with Crippen molar-refractivity contribution in [1.82, 2.24) is 0 Å². The van der Waals surface area contributed by atoms with Crippen molar-refractivity contribution in [2.24, 2.45) is 0 Å². The van der Waals surface area contributed by atoms with Gasteiger partial charge in [-0.25, -0.2) is 0 Å². The average Bonchev–Trinajstić information content (AvgIpc) is 3.35. The van der Waals surface area contributed by atoms with Crippen LogP contribution in [0.5, 0.6) is 0 Å². The molecule has 0 fully saturated rings. The van der Waals surface area contributed by atoms with Crippen LogP contribution in [0.4, 0.5) is 0 Å². The first-order chi connectivity index (χ1) is 34.0. The fourth-order valence-electron chi connectivity index (χ4n) is 8.10. The molecule has 0 aliphatic carbocycles. The van der Waals surface area contributed by atoms with E-state index in [1.54, 1.807) is 0 Å². The number of carbonyl (C=O) groups excluding carboxylic acids is 3. The molecule has 0 spiro atoms. The van der Waals surface area contributed by atoms with Crippen molar-refractivity contribution in [2.45, 2.75) is 284 Å². The van der Waals surface area contributed by atoms with Crippen LogP contribution < -0.4 is 0 Å². The summed E-state index contributed by atoms with van der Waals surface area (Å²) in [4.78, 5) is 38.1. The molecule has 6 nitrogen and oxygen atoms in total. The Hall–Kier alpha value is -3.41. The Morgan fingerprint density at radius 3 is 0.913 bits per heavy atom. The molecule has 0 aromatic rings. The number of esters is 3.